The summed E-state index contributed by atoms with van der Waals surface area (Å²) >= 11 is 0. The Hall–Kier alpha value is -1.39. The Morgan fingerprint density at radius 1 is 1.19 bits per heavy atom. The smallest absolute Gasteiger partial charge is 0.240 e. The van der Waals surface area contributed by atoms with Crippen LogP contribution in [0.15, 0.2) is 30.3 Å². The quantitative estimate of drug-likeness (QED) is 0.873. The summed E-state index contributed by atoms with van der Waals surface area (Å²) in [5, 5.41) is 9.66. The van der Waals surface area contributed by atoms with Crippen molar-refractivity contribution in [2.45, 2.75) is 25.7 Å². The third kappa shape index (κ3) is 4.05. The van der Waals surface area contributed by atoms with E-state index >= 15 is 0 Å². The number of amides is 1. The Balaban J connectivity index is 1.90. The first kappa shape index (κ1) is 16.0. The van der Waals surface area contributed by atoms with E-state index < -0.39 is 0 Å². The Kier molecular flexibility index (Phi) is 5.37. The van der Waals surface area contributed by atoms with Gasteiger partial charge in [-0.25, -0.2) is 0 Å². The predicted octanol–water partition coefficient (Wildman–Crippen LogP) is 2.13. The number of aliphatic hydroxyl groups is 1. The van der Waals surface area contributed by atoms with E-state index in [0.29, 0.717) is 6.54 Å². The van der Waals surface area contributed by atoms with Crippen molar-refractivity contribution in [2.24, 2.45) is 5.41 Å². The number of hydrogen-bond donors (Lipinski definition) is 1. The molecule has 0 bridgehead atoms. The first-order valence-electron chi connectivity index (χ1n) is 7.67. The number of anilines is 1. The molecule has 0 unspecified atom stereocenters. The molecule has 2 rings (SSSR count). The van der Waals surface area contributed by atoms with E-state index in [2.05, 4.69) is 0 Å². The van der Waals surface area contributed by atoms with Gasteiger partial charge in [-0.2, -0.15) is 0 Å². The highest BCUT2D eigenvalue weighted by molar-refractivity contribution is 5.94. The van der Waals surface area contributed by atoms with E-state index in [1.165, 1.54) is 12.8 Å². The molecule has 1 aliphatic carbocycles. The summed E-state index contributed by atoms with van der Waals surface area (Å²) in [6, 6.07) is 9.68. The van der Waals surface area contributed by atoms with Gasteiger partial charge in [-0.05, 0) is 32.0 Å². The Bertz CT molecular complexity index is 455. The molecule has 0 saturated heterocycles. The highest BCUT2D eigenvalue weighted by Gasteiger charge is 2.34. The number of aliphatic hydroxyl groups excluding tert-OH is 1. The van der Waals surface area contributed by atoms with E-state index in [4.69, 9.17) is 0 Å². The number of likely N-dealkylation sites (N-methyl/N-ethyl adjacent to an activating group) is 2. The Morgan fingerprint density at radius 2 is 1.81 bits per heavy atom. The molecule has 21 heavy (non-hydrogen) atoms. The average Bonchev–Trinajstić information content (AvgIpc) is 2.96. The molecule has 1 aromatic carbocycles. The molecule has 0 atom stereocenters. The zero-order chi connectivity index (χ0) is 15.3. The van der Waals surface area contributed by atoms with Gasteiger partial charge in [0.25, 0.3) is 0 Å². The van der Waals surface area contributed by atoms with Crippen LogP contribution in [0, 0.1) is 5.41 Å². The lowest BCUT2D eigenvalue weighted by Crippen LogP contribution is -2.42. The van der Waals surface area contributed by atoms with Gasteiger partial charge in [0.05, 0.1) is 6.54 Å². The van der Waals surface area contributed by atoms with Crippen LogP contribution >= 0.6 is 0 Å². The zero-order valence-corrected chi connectivity index (χ0v) is 13.1. The van der Waals surface area contributed by atoms with Gasteiger partial charge < -0.3 is 10.0 Å². The van der Waals surface area contributed by atoms with E-state index in [9.17, 15) is 9.90 Å². The van der Waals surface area contributed by atoms with Crippen molar-refractivity contribution < 1.29 is 9.90 Å². The second-order valence-electron chi connectivity index (χ2n) is 6.33. The van der Waals surface area contributed by atoms with E-state index in [1.807, 2.05) is 49.3 Å². The Labute approximate surface area is 127 Å². The van der Waals surface area contributed by atoms with Crippen LogP contribution in [-0.4, -0.2) is 49.7 Å². The van der Waals surface area contributed by atoms with Gasteiger partial charge in [0.15, 0.2) is 0 Å². The fourth-order valence-corrected chi connectivity index (χ4v) is 3.25. The van der Waals surface area contributed by atoms with Gasteiger partial charge >= 0.3 is 0 Å². The molecular weight excluding hydrogens is 264 g/mol. The first-order valence-corrected chi connectivity index (χ1v) is 7.67. The van der Waals surface area contributed by atoms with Crippen molar-refractivity contribution in [2.75, 3.05) is 38.7 Å². The maximum Gasteiger partial charge on any atom is 0.240 e. The minimum atomic E-state index is 0.000346. The van der Waals surface area contributed by atoms with E-state index in [-0.39, 0.29) is 17.9 Å². The summed E-state index contributed by atoms with van der Waals surface area (Å²) in [4.78, 5) is 16.1. The van der Waals surface area contributed by atoms with Crippen LogP contribution < -0.4 is 4.90 Å². The number of nitrogens with zero attached hydrogens (tertiary/aromatic N) is 2. The highest BCUT2D eigenvalue weighted by Crippen LogP contribution is 2.38. The highest BCUT2D eigenvalue weighted by atomic mass is 16.3. The van der Waals surface area contributed by atoms with Crippen LogP contribution in [-0.2, 0) is 4.79 Å². The standard InChI is InChI=1S/C17H26N2O2/c1-18(13-17(14-20)10-6-7-11-17)12-16(21)19(2)15-8-4-3-5-9-15/h3-5,8-9,20H,6-7,10-14H2,1-2H3. The summed E-state index contributed by atoms with van der Waals surface area (Å²) in [5.41, 5.74) is 0.911. The topological polar surface area (TPSA) is 43.8 Å². The summed E-state index contributed by atoms with van der Waals surface area (Å²) in [7, 11) is 3.77. The lowest BCUT2D eigenvalue weighted by molar-refractivity contribution is -0.119. The van der Waals surface area contributed by atoms with Crippen LogP contribution in [0.1, 0.15) is 25.7 Å². The largest absolute Gasteiger partial charge is 0.396 e. The number of hydrogen-bond acceptors (Lipinski definition) is 3. The fraction of sp³-hybridized carbons (Fsp3) is 0.588. The second kappa shape index (κ2) is 7.05. The molecule has 116 valence electrons. The molecule has 0 heterocycles. The molecule has 0 spiro atoms. The van der Waals surface area contributed by atoms with Crippen LogP contribution in [0.4, 0.5) is 5.69 Å². The number of carbonyl (C=O) groups is 1. The molecule has 1 amide bonds. The number of rotatable bonds is 6. The molecule has 1 saturated carbocycles. The molecule has 0 aliphatic heterocycles. The second-order valence-corrected chi connectivity index (χ2v) is 6.33. The lowest BCUT2D eigenvalue weighted by atomic mass is 9.87. The van der Waals surface area contributed by atoms with Crippen molar-refractivity contribution >= 4 is 11.6 Å². The van der Waals surface area contributed by atoms with Gasteiger partial charge in [-0.3, -0.25) is 9.69 Å². The maximum absolute atomic E-state index is 12.3. The van der Waals surface area contributed by atoms with Crippen molar-refractivity contribution in [3.05, 3.63) is 30.3 Å². The minimum absolute atomic E-state index is 0.000346. The molecule has 4 nitrogen and oxygen atoms in total. The van der Waals surface area contributed by atoms with Gasteiger partial charge in [0, 0.05) is 31.3 Å². The lowest BCUT2D eigenvalue weighted by Gasteiger charge is -2.32. The molecule has 1 fully saturated rings. The minimum Gasteiger partial charge on any atom is -0.396 e. The van der Waals surface area contributed by atoms with Crippen LogP contribution in [0.2, 0.25) is 0 Å². The van der Waals surface area contributed by atoms with Gasteiger partial charge in [0.2, 0.25) is 5.91 Å². The Morgan fingerprint density at radius 3 is 2.38 bits per heavy atom. The van der Waals surface area contributed by atoms with Gasteiger partial charge in [-0.15, -0.1) is 0 Å². The third-order valence-electron chi connectivity index (χ3n) is 4.53. The molecule has 1 aromatic rings. The van der Waals surface area contributed by atoms with Crippen molar-refractivity contribution in [1.29, 1.82) is 0 Å². The third-order valence-corrected chi connectivity index (χ3v) is 4.53. The summed E-state index contributed by atoms with van der Waals surface area (Å²) in [6.07, 6.45) is 4.51. The van der Waals surface area contributed by atoms with Crippen LogP contribution in [0.25, 0.3) is 0 Å². The molecule has 0 radical (unpaired) electrons. The summed E-state index contributed by atoms with van der Waals surface area (Å²) < 4.78 is 0. The van der Waals surface area contributed by atoms with Crippen LogP contribution in [0.5, 0.6) is 0 Å². The van der Waals surface area contributed by atoms with Crippen molar-refractivity contribution in [1.82, 2.24) is 4.90 Å². The molecule has 1 N–H and O–H groups in total. The van der Waals surface area contributed by atoms with E-state index in [0.717, 1.165) is 25.1 Å². The van der Waals surface area contributed by atoms with E-state index in [1.54, 1.807) is 4.90 Å². The fourth-order valence-electron chi connectivity index (χ4n) is 3.25. The number of carbonyl (C=O) groups excluding carboxylic acids is 1. The maximum atomic E-state index is 12.3. The van der Waals surface area contributed by atoms with Crippen molar-refractivity contribution in [3.8, 4) is 0 Å². The predicted molar refractivity (Wildman–Crippen MR) is 85.3 cm³/mol. The average molecular weight is 290 g/mol. The molecular formula is C17H26N2O2. The zero-order valence-electron chi connectivity index (χ0n) is 13.1. The molecule has 4 heteroatoms. The number of para-hydroxylation sites is 1. The van der Waals surface area contributed by atoms with Crippen LogP contribution in [0.3, 0.4) is 0 Å². The SMILES string of the molecule is CN(CC(=O)N(C)c1ccccc1)CC1(CO)CCCC1. The molecule has 0 aromatic heterocycles. The monoisotopic (exact) mass is 290 g/mol. The van der Waals surface area contributed by atoms with Gasteiger partial charge in [-0.1, -0.05) is 31.0 Å². The summed E-state index contributed by atoms with van der Waals surface area (Å²) in [6.45, 7) is 1.39. The summed E-state index contributed by atoms with van der Waals surface area (Å²) in [5.74, 6) is 0.0785. The number of benzene rings is 1. The molecule has 1 aliphatic rings. The van der Waals surface area contributed by atoms with Gasteiger partial charge in [0.1, 0.15) is 0 Å². The first-order chi connectivity index (χ1) is 10.1. The normalized spacial score (nSPS) is 17.1. The van der Waals surface area contributed by atoms with Crippen molar-refractivity contribution in [3.63, 3.8) is 0 Å².